The van der Waals surface area contributed by atoms with Crippen LogP contribution in [0.3, 0.4) is 0 Å². The Balaban J connectivity index is 1.56. The maximum absolute atomic E-state index is 12.8. The number of nitro groups is 1. The first-order valence-corrected chi connectivity index (χ1v) is 11.9. The zero-order valence-corrected chi connectivity index (χ0v) is 17.8. The Hall–Kier alpha value is -2.24. The molecule has 2 saturated heterocycles. The summed E-state index contributed by atoms with van der Waals surface area (Å²) in [4.78, 5) is 19.8. The van der Waals surface area contributed by atoms with Crippen molar-refractivity contribution in [3.8, 4) is 0 Å². The van der Waals surface area contributed by atoms with Crippen molar-refractivity contribution in [2.24, 2.45) is 0 Å². The Morgan fingerprint density at radius 2 is 1.72 bits per heavy atom. The first-order chi connectivity index (χ1) is 13.9. The number of sulfonamides is 1. The maximum atomic E-state index is 12.8. The Morgan fingerprint density at radius 3 is 2.31 bits per heavy atom. The normalized spacial score (nSPS) is 18.4. The molecule has 0 bridgehead atoms. The van der Waals surface area contributed by atoms with Gasteiger partial charge in [-0.05, 0) is 31.9 Å². The summed E-state index contributed by atoms with van der Waals surface area (Å²) in [7, 11) is -3.69. The minimum Gasteiger partial charge on any atom is -0.362 e. The number of hydrogen-bond acceptors (Lipinski definition) is 8. The highest BCUT2D eigenvalue weighted by molar-refractivity contribution is 7.89. The van der Waals surface area contributed by atoms with Gasteiger partial charge in [0.2, 0.25) is 10.0 Å². The Morgan fingerprint density at radius 1 is 1.07 bits per heavy atom. The van der Waals surface area contributed by atoms with Crippen LogP contribution in [0.15, 0.2) is 28.5 Å². The molecule has 0 saturated carbocycles. The van der Waals surface area contributed by atoms with Crippen molar-refractivity contribution in [2.75, 3.05) is 49.1 Å². The summed E-state index contributed by atoms with van der Waals surface area (Å²) in [6.45, 7) is 5.52. The molecule has 11 heteroatoms. The fraction of sp³-hybridized carbons (Fsp3) is 0.500. The monoisotopic (exact) mass is 437 g/mol. The summed E-state index contributed by atoms with van der Waals surface area (Å²) in [5.74, 6) is 0. The SMILES string of the molecule is Cc1csc(N2CCN(c3ccc(S(=O)(=O)N4CCCC4)cc3[N+](=O)[O-])CC2)n1. The highest BCUT2D eigenvalue weighted by Crippen LogP contribution is 2.33. The standard InChI is InChI=1S/C18H23N5O4S2/c1-14-13-28-18(19-14)21-10-8-20(9-11-21)16-5-4-15(12-17(16)23(24)25)29(26,27)22-6-2-3-7-22/h4-5,12-13H,2-3,6-11H2,1H3. The van der Waals surface area contributed by atoms with Gasteiger partial charge in [0.05, 0.1) is 15.5 Å². The van der Waals surface area contributed by atoms with Gasteiger partial charge in [-0.3, -0.25) is 10.1 Å². The number of aromatic nitrogens is 1. The van der Waals surface area contributed by atoms with Crippen LogP contribution in [-0.2, 0) is 10.0 Å². The minimum atomic E-state index is -3.69. The summed E-state index contributed by atoms with van der Waals surface area (Å²) >= 11 is 1.59. The molecule has 0 atom stereocenters. The average molecular weight is 438 g/mol. The van der Waals surface area contributed by atoms with E-state index in [0.29, 0.717) is 45.0 Å². The summed E-state index contributed by atoms with van der Waals surface area (Å²) in [5, 5.41) is 14.7. The van der Waals surface area contributed by atoms with E-state index < -0.39 is 14.9 Å². The molecular weight excluding hydrogens is 414 g/mol. The van der Waals surface area contributed by atoms with Crippen LogP contribution in [0.2, 0.25) is 0 Å². The highest BCUT2D eigenvalue weighted by atomic mass is 32.2. The zero-order valence-electron chi connectivity index (χ0n) is 16.2. The fourth-order valence-electron chi connectivity index (χ4n) is 3.78. The van der Waals surface area contributed by atoms with E-state index in [4.69, 9.17) is 0 Å². The van der Waals surface area contributed by atoms with Gasteiger partial charge in [-0.25, -0.2) is 13.4 Å². The lowest BCUT2D eigenvalue weighted by Crippen LogP contribution is -2.46. The molecule has 0 aliphatic carbocycles. The van der Waals surface area contributed by atoms with Crippen molar-refractivity contribution in [3.05, 3.63) is 39.4 Å². The summed E-state index contributed by atoms with van der Waals surface area (Å²) in [6.07, 6.45) is 1.64. The number of hydrogen-bond donors (Lipinski definition) is 0. The zero-order chi connectivity index (χ0) is 20.6. The summed E-state index contributed by atoms with van der Waals surface area (Å²) in [5.41, 5.74) is 1.28. The lowest BCUT2D eigenvalue weighted by atomic mass is 10.2. The van der Waals surface area contributed by atoms with Crippen LogP contribution in [-0.4, -0.2) is 61.9 Å². The van der Waals surface area contributed by atoms with Crippen molar-refractivity contribution in [2.45, 2.75) is 24.7 Å². The summed E-state index contributed by atoms with van der Waals surface area (Å²) in [6, 6.07) is 4.27. The van der Waals surface area contributed by atoms with Crippen LogP contribution in [0.25, 0.3) is 0 Å². The van der Waals surface area contributed by atoms with Gasteiger partial charge in [0.25, 0.3) is 5.69 Å². The Labute approximate surface area is 173 Å². The predicted octanol–water partition coefficient (Wildman–Crippen LogP) is 2.47. The van der Waals surface area contributed by atoms with Gasteiger partial charge in [0.1, 0.15) is 5.69 Å². The van der Waals surface area contributed by atoms with Gasteiger partial charge < -0.3 is 9.80 Å². The molecule has 2 aliphatic heterocycles. The van der Waals surface area contributed by atoms with Gasteiger partial charge in [0.15, 0.2) is 5.13 Å². The summed E-state index contributed by atoms with van der Waals surface area (Å²) < 4.78 is 27.0. The molecule has 0 spiro atoms. The van der Waals surface area contributed by atoms with Crippen LogP contribution in [0.1, 0.15) is 18.5 Å². The molecule has 0 radical (unpaired) electrons. The van der Waals surface area contributed by atoms with E-state index in [0.717, 1.165) is 23.7 Å². The van der Waals surface area contributed by atoms with Crippen LogP contribution in [0, 0.1) is 17.0 Å². The smallest absolute Gasteiger partial charge is 0.293 e. The lowest BCUT2D eigenvalue weighted by molar-refractivity contribution is -0.384. The number of rotatable bonds is 5. The molecule has 4 rings (SSSR count). The average Bonchev–Trinajstić information content (AvgIpc) is 3.40. The number of aryl methyl sites for hydroxylation is 1. The number of anilines is 2. The van der Waals surface area contributed by atoms with Gasteiger partial charge in [0, 0.05) is 50.7 Å². The number of benzene rings is 1. The number of nitro benzene ring substituents is 1. The molecule has 29 heavy (non-hydrogen) atoms. The lowest BCUT2D eigenvalue weighted by Gasteiger charge is -2.35. The number of nitrogens with zero attached hydrogens (tertiary/aromatic N) is 5. The van der Waals surface area contributed by atoms with Gasteiger partial charge >= 0.3 is 0 Å². The molecule has 2 fully saturated rings. The van der Waals surface area contributed by atoms with E-state index in [-0.39, 0.29) is 10.6 Å². The van der Waals surface area contributed by atoms with Crippen molar-refractivity contribution in [1.82, 2.24) is 9.29 Å². The van der Waals surface area contributed by atoms with E-state index in [9.17, 15) is 18.5 Å². The maximum Gasteiger partial charge on any atom is 0.293 e. The van der Waals surface area contributed by atoms with E-state index in [2.05, 4.69) is 9.88 Å². The molecule has 156 valence electrons. The predicted molar refractivity (Wildman–Crippen MR) is 112 cm³/mol. The third-order valence-corrected chi connectivity index (χ3v) is 8.26. The molecule has 0 unspecified atom stereocenters. The highest BCUT2D eigenvalue weighted by Gasteiger charge is 2.31. The Kier molecular flexibility index (Phi) is 5.45. The first-order valence-electron chi connectivity index (χ1n) is 9.57. The van der Waals surface area contributed by atoms with E-state index >= 15 is 0 Å². The quantitative estimate of drug-likeness (QED) is 0.523. The number of piperazine rings is 1. The van der Waals surface area contributed by atoms with Gasteiger partial charge in [-0.15, -0.1) is 11.3 Å². The second-order valence-electron chi connectivity index (χ2n) is 7.26. The van der Waals surface area contributed by atoms with Crippen LogP contribution >= 0.6 is 11.3 Å². The third-order valence-electron chi connectivity index (χ3n) is 5.34. The topological polar surface area (TPSA) is 99.9 Å². The molecule has 0 amide bonds. The Bertz CT molecular complexity index is 1010. The van der Waals surface area contributed by atoms with E-state index in [1.165, 1.54) is 16.4 Å². The van der Waals surface area contributed by atoms with Crippen molar-refractivity contribution < 1.29 is 13.3 Å². The molecular formula is C18H23N5O4S2. The molecule has 0 N–H and O–H groups in total. The van der Waals surface area contributed by atoms with Crippen molar-refractivity contribution >= 4 is 37.9 Å². The minimum absolute atomic E-state index is 0.00764. The molecule has 2 aliphatic rings. The van der Waals surface area contributed by atoms with Crippen LogP contribution in [0.5, 0.6) is 0 Å². The van der Waals surface area contributed by atoms with E-state index in [1.54, 1.807) is 17.4 Å². The van der Waals surface area contributed by atoms with Crippen LogP contribution in [0.4, 0.5) is 16.5 Å². The molecule has 3 heterocycles. The van der Waals surface area contributed by atoms with Crippen LogP contribution < -0.4 is 9.80 Å². The third kappa shape index (κ3) is 3.94. The molecule has 1 aromatic carbocycles. The second-order valence-corrected chi connectivity index (χ2v) is 10.0. The van der Waals surface area contributed by atoms with Crippen molar-refractivity contribution in [3.63, 3.8) is 0 Å². The van der Waals surface area contributed by atoms with Gasteiger partial charge in [-0.1, -0.05) is 0 Å². The molecule has 9 nitrogen and oxygen atoms in total. The van der Waals surface area contributed by atoms with Gasteiger partial charge in [-0.2, -0.15) is 4.31 Å². The first kappa shape index (κ1) is 20.0. The number of thiazole rings is 1. The largest absolute Gasteiger partial charge is 0.362 e. The van der Waals surface area contributed by atoms with E-state index in [1.807, 2.05) is 17.2 Å². The molecule has 1 aromatic heterocycles. The second kappa shape index (κ2) is 7.88. The molecule has 2 aromatic rings. The van der Waals surface area contributed by atoms with Crippen molar-refractivity contribution in [1.29, 1.82) is 0 Å². The fourth-order valence-corrected chi connectivity index (χ4v) is 6.17.